The first kappa shape index (κ1) is 16.6. The summed E-state index contributed by atoms with van der Waals surface area (Å²) >= 11 is 0. The SMILES string of the molecule is Cc1ccc(NC(=O)NCCn2ccnc2-c2ncccn2)cc1C. The van der Waals surface area contributed by atoms with Gasteiger partial charge in [-0.05, 0) is 43.2 Å². The van der Waals surface area contributed by atoms with Crippen LogP contribution in [0.15, 0.2) is 49.1 Å². The van der Waals surface area contributed by atoms with Crippen molar-refractivity contribution in [2.75, 3.05) is 11.9 Å². The van der Waals surface area contributed by atoms with Gasteiger partial charge in [0.25, 0.3) is 0 Å². The molecule has 3 aromatic rings. The predicted octanol–water partition coefficient (Wildman–Crippen LogP) is 2.78. The highest BCUT2D eigenvalue weighted by Gasteiger charge is 2.08. The van der Waals surface area contributed by atoms with Crippen molar-refractivity contribution in [2.24, 2.45) is 0 Å². The Labute approximate surface area is 146 Å². The summed E-state index contributed by atoms with van der Waals surface area (Å²) in [6.45, 7) is 5.10. The summed E-state index contributed by atoms with van der Waals surface area (Å²) in [4.78, 5) is 24.7. The lowest BCUT2D eigenvalue weighted by Crippen LogP contribution is -2.31. The summed E-state index contributed by atoms with van der Waals surface area (Å²) in [6, 6.07) is 7.36. The van der Waals surface area contributed by atoms with Crippen LogP contribution >= 0.6 is 0 Å². The molecule has 0 aliphatic carbocycles. The van der Waals surface area contributed by atoms with E-state index in [4.69, 9.17) is 0 Å². The average Bonchev–Trinajstić information content (AvgIpc) is 3.07. The van der Waals surface area contributed by atoms with Gasteiger partial charge in [0.1, 0.15) is 0 Å². The van der Waals surface area contributed by atoms with Crippen molar-refractivity contribution in [1.29, 1.82) is 0 Å². The third-order valence-electron chi connectivity index (χ3n) is 3.88. The molecule has 7 nitrogen and oxygen atoms in total. The van der Waals surface area contributed by atoms with E-state index in [0.717, 1.165) is 11.3 Å². The van der Waals surface area contributed by atoms with E-state index in [-0.39, 0.29) is 6.03 Å². The molecular weight excluding hydrogens is 316 g/mol. The van der Waals surface area contributed by atoms with Crippen LogP contribution in [0.1, 0.15) is 11.1 Å². The van der Waals surface area contributed by atoms with Crippen LogP contribution in [0, 0.1) is 13.8 Å². The van der Waals surface area contributed by atoms with Crippen molar-refractivity contribution in [3.8, 4) is 11.6 Å². The summed E-state index contributed by atoms with van der Waals surface area (Å²) in [5, 5.41) is 5.68. The highest BCUT2D eigenvalue weighted by Crippen LogP contribution is 2.14. The van der Waals surface area contributed by atoms with Gasteiger partial charge in [-0.2, -0.15) is 0 Å². The summed E-state index contributed by atoms with van der Waals surface area (Å²) in [6.07, 6.45) is 6.89. The highest BCUT2D eigenvalue weighted by molar-refractivity contribution is 5.89. The van der Waals surface area contributed by atoms with Crippen molar-refractivity contribution in [3.05, 3.63) is 60.2 Å². The first-order chi connectivity index (χ1) is 12.1. The Morgan fingerprint density at radius 3 is 2.64 bits per heavy atom. The van der Waals surface area contributed by atoms with Crippen molar-refractivity contribution in [3.63, 3.8) is 0 Å². The number of amides is 2. The number of imidazole rings is 1. The van der Waals surface area contributed by atoms with Gasteiger partial charge in [0.2, 0.25) is 0 Å². The Balaban J connectivity index is 1.54. The summed E-state index contributed by atoms with van der Waals surface area (Å²) in [7, 11) is 0. The summed E-state index contributed by atoms with van der Waals surface area (Å²) < 4.78 is 1.91. The molecule has 0 atom stereocenters. The number of hydrogen-bond acceptors (Lipinski definition) is 4. The molecule has 2 N–H and O–H groups in total. The van der Waals surface area contributed by atoms with Gasteiger partial charge in [-0.15, -0.1) is 0 Å². The van der Waals surface area contributed by atoms with Gasteiger partial charge in [-0.3, -0.25) is 0 Å². The van der Waals surface area contributed by atoms with Crippen molar-refractivity contribution >= 4 is 11.7 Å². The molecule has 0 spiro atoms. The first-order valence-corrected chi connectivity index (χ1v) is 8.04. The predicted molar refractivity (Wildman–Crippen MR) is 96.2 cm³/mol. The number of carbonyl (C=O) groups excluding carboxylic acids is 1. The monoisotopic (exact) mass is 336 g/mol. The molecule has 0 radical (unpaired) electrons. The molecule has 0 fully saturated rings. The molecule has 2 amide bonds. The van der Waals surface area contributed by atoms with Crippen molar-refractivity contribution in [1.82, 2.24) is 24.8 Å². The number of rotatable bonds is 5. The van der Waals surface area contributed by atoms with Gasteiger partial charge in [0, 0.05) is 43.6 Å². The molecule has 0 saturated carbocycles. The van der Waals surface area contributed by atoms with Crippen LogP contribution in [0.4, 0.5) is 10.5 Å². The molecule has 0 saturated heterocycles. The third-order valence-corrected chi connectivity index (χ3v) is 3.88. The highest BCUT2D eigenvalue weighted by atomic mass is 16.2. The van der Waals surface area contributed by atoms with Crippen molar-refractivity contribution < 1.29 is 4.79 Å². The van der Waals surface area contributed by atoms with Gasteiger partial charge in [-0.25, -0.2) is 19.7 Å². The molecule has 25 heavy (non-hydrogen) atoms. The number of anilines is 1. The van der Waals surface area contributed by atoms with E-state index in [1.54, 1.807) is 24.7 Å². The van der Waals surface area contributed by atoms with Crippen LogP contribution in [0.5, 0.6) is 0 Å². The minimum atomic E-state index is -0.235. The molecule has 0 unspecified atom stereocenters. The lowest BCUT2D eigenvalue weighted by Gasteiger charge is -2.10. The fourth-order valence-corrected chi connectivity index (χ4v) is 2.39. The van der Waals surface area contributed by atoms with Gasteiger partial charge in [0.05, 0.1) is 0 Å². The maximum absolute atomic E-state index is 12.0. The molecule has 0 aliphatic rings. The van der Waals surface area contributed by atoms with Gasteiger partial charge in [0.15, 0.2) is 11.6 Å². The molecule has 1 aromatic carbocycles. The maximum Gasteiger partial charge on any atom is 0.319 e. The summed E-state index contributed by atoms with van der Waals surface area (Å²) in [5.74, 6) is 1.24. The minimum Gasteiger partial charge on any atom is -0.336 e. The second-order valence-corrected chi connectivity index (χ2v) is 5.70. The third kappa shape index (κ3) is 4.20. The second-order valence-electron chi connectivity index (χ2n) is 5.70. The quantitative estimate of drug-likeness (QED) is 0.750. The Hall–Kier alpha value is -3.22. The zero-order chi connectivity index (χ0) is 17.6. The smallest absolute Gasteiger partial charge is 0.319 e. The standard InChI is InChI=1S/C18H20N6O/c1-13-4-5-15(12-14(13)2)23-18(25)22-9-11-24-10-8-21-17(24)16-19-6-3-7-20-16/h3-8,10,12H,9,11H2,1-2H3,(H2,22,23,25). The fourth-order valence-electron chi connectivity index (χ4n) is 2.39. The molecular formula is C18H20N6O. The van der Waals surface area contributed by atoms with Gasteiger partial charge < -0.3 is 15.2 Å². The van der Waals surface area contributed by atoms with Crippen LogP contribution in [-0.2, 0) is 6.54 Å². The number of benzene rings is 1. The Kier molecular flexibility index (Phi) is 5.03. The van der Waals surface area contributed by atoms with Crippen LogP contribution in [0.3, 0.4) is 0 Å². The zero-order valence-electron chi connectivity index (χ0n) is 14.2. The maximum atomic E-state index is 12.0. The lowest BCUT2D eigenvalue weighted by molar-refractivity contribution is 0.251. The Morgan fingerprint density at radius 1 is 1.08 bits per heavy atom. The number of carbonyl (C=O) groups is 1. The molecule has 3 rings (SSSR count). The minimum absolute atomic E-state index is 0.235. The van der Waals surface area contributed by atoms with E-state index in [1.165, 1.54) is 5.56 Å². The zero-order valence-corrected chi connectivity index (χ0v) is 14.2. The molecule has 128 valence electrons. The molecule has 2 aromatic heterocycles. The summed E-state index contributed by atoms with van der Waals surface area (Å²) in [5.41, 5.74) is 3.12. The van der Waals surface area contributed by atoms with Crippen LogP contribution < -0.4 is 10.6 Å². The first-order valence-electron chi connectivity index (χ1n) is 8.04. The number of aromatic nitrogens is 4. The largest absolute Gasteiger partial charge is 0.336 e. The number of nitrogens with one attached hydrogen (secondary N) is 2. The Morgan fingerprint density at radius 2 is 1.88 bits per heavy atom. The average molecular weight is 336 g/mol. The Bertz CT molecular complexity index is 859. The van der Waals surface area contributed by atoms with E-state index < -0.39 is 0 Å². The fraction of sp³-hybridized carbons (Fsp3) is 0.222. The van der Waals surface area contributed by atoms with Gasteiger partial charge >= 0.3 is 6.03 Å². The molecule has 0 bridgehead atoms. The van der Waals surface area contributed by atoms with Crippen molar-refractivity contribution in [2.45, 2.75) is 20.4 Å². The molecule has 0 aliphatic heterocycles. The van der Waals surface area contributed by atoms with E-state index >= 15 is 0 Å². The van der Waals surface area contributed by atoms with E-state index in [0.29, 0.717) is 24.7 Å². The number of nitrogens with zero attached hydrogens (tertiary/aromatic N) is 4. The number of urea groups is 1. The van der Waals surface area contributed by atoms with Crippen LogP contribution in [0.25, 0.3) is 11.6 Å². The van der Waals surface area contributed by atoms with Crippen LogP contribution in [0.2, 0.25) is 0 Å². The van der Waals surface area contributed by atoms with Crippen LogP contribution in [-0.4, -0.2) is 32.1 Å². The second kappa shape index (κ2) is 7.57. The van der Waals surface area contributed by atoms with Gasteiger partial charge in [-0.1, -0.05) is 6.07 Å². The topological polar surface area (TPSA) is 84.7 Å². The van der Waals surface area contributed by atoms with E-state index in [9.17, 15) is 4.79 Å². The van der Waals surface area contributed by atoms with E-state index in [1.807, 2.05) is 42.8 Å². The van der Waals surface area contributed by atoms with E-state index in [2.05, 4.69) is 25.6 Å². The molecule has 2 heterocycles. The lowest BCUT2D eigenvalue weighted by atomic mass is 10.1. The number of hydrogen-bond donors (Lipinski definition) is 2. The normalized spacial score (nSPS) is 10.5. The molecule has 7 heteroatoms. The number of aryl methyl sites for hydroxylation is 2.